The van der Waals surface area contributed by atoms with Gasteiger partial charge >= 0.3 is 0 Å². The second-order valence-electron chi connectivity index (χ2n) is 4.29. The first-order valence-corrected chi connectivity index (χ1v) is 5.65. The highest BCUT2D eigenvalue weighted by atomic mass is 15.2. The number of nitrogens with zero attached hydrogens (tertiary/aromatic N) is 4. The molecule has 4 nitrogen and oxygen atoms in total. The van der Waals surface area contributed by atoms with Crippen molar-refractivity contribution >= 4 is 0 Å². The smallest absolute Gasteiger partial charge is 0.0298 e. The van der Waals surface area contributed by atoms with Crippen molar-refractivity contribution < 1.29 is 0 Å². The van der Waals surface area contributed by atoms with Gasteiger partial charge in [0.25, 0.3) is 0 Å². The van der Waals surface area contributed by atoms with E-state index in [4.69, 9.17) is 5.53 Å². The van der Waals surface area contributed by atoms with Crippen molar-refractivity contribution in [1.29, 1.82) is 0 Å². The van der Waals surface area contributed by atoms with Gasteiger partial charge in [-0.2, -0.15) is 0 Å². The summed E-state index contributed by atoms with van der Waals surface area (Å²) in [6.07, 6.45) is 1.14. The molecule has 1 saturated heterocycles. The van der Waals surface area contributed by atoms with Crippen molar-refractivity contribution in [3.8, 4) is 0 Å². The quantitative estimate of drug-likeness (QED) is 0.433. The van der Waals surface area contributed by atoms with E-state index in [-0.39, 0.29) is 0 Å². The molecule has 16 heavy (non-hydrogen) atoms. The number of rotatable bonds is 4. The molecule has 0 radical (unpaired) electrons. The highest BCUT2D eigenvalue weighted by molar-refractivity contribution is 5.14. The van der Waals surface area contributed by atoms with Crippen LogP contribution >= 0.6 is 0 Å². The zero-order valence-electron chi connectivity index (χ0n) is 9.29. The molecule has 1 aromatic carbocycles. The van der Waals surface area contributed by atoms with Gasteiger partial charge in [-0.1, -0.05) is 35.4 Å². The fourth-order valence-corrected chi connectivity index (χ4v) is 2.20. The normalized spacial score (nSPS) is 20.6. The standard InChI is InChI=1S/C12H16N4/c13-15-14-8-12-6-7-16(10-12)9-11-4-2-1-3-5-11/h1-5,12H,6-10H2. The molecule has 2 rings (SSSR count). The molecule has 0 aromatic heterocycles. The van der Waals surface area contributed by atoms with E-state index < -0.39 is 0 Å². The molecule has 0 aliphatic carbocycles. The average molecular weight is 216 g/mol. The lowest BCUT2D eigenvalue weighted by atomic mass is 10.1. The van der Waals surface area contributed by atoms with E-state index in [9.17, 15) is 0 Å². The third kappa shape index (κ3) is 2.99. The van der Waals surface area contributed by atoms with Crippen molar-refractivity contribution in [1.82, 2.24) is 4.90 Å². The third-order valence-corrected chi connectivity index (χ3v) is 3.02. The number of benzene rings is 1. The topological polar surface area (TPSA) is 52.0 Å². The molecular formula is C12H16N4. The van der Waals surface area contributed by atoms with Crippen molar-refractivity contribution in [2.24, 2.45) is 11.0 Å². The molecular weight excluding hydrogens is 200 g/mol. The molecule has 1 atom stereocenters. The predicted molar refractivity (Wildman–Crippen MR) is 63.8 cm³/mol. The van der Waals surface area contributed by atoms with Crippen LogP contribution in [0.25, 0.3) is 10.4 Å². The van der Waals surface area contributed by atoms with Gasteiger partial charge in [-0.3, -0.25) is 4.90 Å². The van der Waals surface area contributed by atoms with Crippen molar-refractivity contribution in [3.05, 3.63) is 46.3 Å². The Kier molecular flexibility index (Phi) is 3.81. The summed E-state index contributed by atoms with van der Waals surface area (Å²) in [7, 11) is 0. The van der Waals surface area contributed by atoms with Gasteiger partial charge in [-0.25, -0.2) is 0 Å². The van der Waals surface area contributed by atoms with Crippen LogP contribution in [-0.2, 0) is 6.54 Å². The van der Waals surface area contributed by atoms with E-state index in [1.165, 1.54) is 5.56 Å². The van der Waals surface area contributed by atoms with Crippen LogP contribution in [0.5, 0.6) is 0 Å². The third-order valence-electron chi connectivity index (χ3n) is 3.02. The largest absolute Gasteiger partial charge is 0.299 e. The lowest BCUT2D eigenvalue weighted by Crippen LogP contribution is -2.20. The number of hydrogen-bond acceptors (Lipinski definition) is 2. The summed E-state index contributed by atoms with van der Waals surface area (Å²) in [6.45, 7) is 3.81. The number of hydrogen-bond donors (Lipinski definition) is 0. The number of likely N-dealkylation sites (tertiary alicyclic amines) is 1. The Labute approximate surface area is 95.5 Å². The Hall–Kier alpha value is -1.51. The molecule has 4 heteroatoms. The molecule has 0 saturated carbocycles. The lowest BCUT2D eigenvalue weighted by molar-refractivity contribution is 0.318. The Balaban J connectivity index is 1.83. The summed E-state index contributed by atoms with van der Waals surface area (Å²) >= 11 is 0. The van der Waals surface area contributed by atoms with Gasteiger partial charge in [0.15, 0.2) is 0 Å². The Bertz CT molecular complexity index is 370. The number of azide groups is 1. The van der Waals surface area contributed by atoms with Crippen LogP contribution in [0, 0.1) is 5.92 Å². The van der Waals surface area contributed by atoms with Crippen LogP contribution in [0.15, 0.2) is 35.4 Å². The zero-order chi connectivity index (χ0) is 11.2. The van der Waals surface area contributed by atoms with E-state index >= 15 is 0 Å². The SMILES string of the molecule is [N-]=[N+]=NCC1CCN(Cc2ccccc2)C1. The van der Waals surface area contributed by atoms with E-state index in [0.717, 1.165) is 26.1 Å². The van der Waals surface area contributed by atoms with Crippen LogP contribution in [0.3, 0.4) is 0 Å². The minimum Gasteiger partial charge on any atom is -0.299 e. The van der Waals surface area contributed by atoms with E-state index in [0.29, 0.717) is 12.5 Å². The summed E-state index contributed by atoms with van der Waals surface area (Å²) < 4.78 is 0. The predicted octanol–water partition coefficient (Wildman–Crippen LogP) is 2.82. The average Bonchev–Trinajstić information content (AvgIpc) is 2.75. The van der Waals surface area contributed by atoms with Gasteiger partial charge in [-0.05, 0) is 30.0 Å². The Morgan fingerprint density at radius 2 is 2.19 bits per heavy atom. The molecule has 1 fully saturated rings. The maximum absolute atomic E-state index is 8.27. The summed E-state index contributed by atoms with van der Waals surface area (Å²) in [6, 6.07) is 10.5. The van der Waals surface area contributed by atoms with Gasteiger partial charge in [0.05, 0.1) is 0 Å². The maximum Gasteiger partial charge on any atom is 0.0298 e. The molecule has 1 heterocycles. The summed E-state index contributed by atoms with van der Waals surface area (Å²) in [4.78, 5) is 5.24. The fourth-order valence-electron chi connectivity index (χ4n) is 2.20. The van der Waals surface area contributed by atoms with Gasteiger partial charge in [0, 0.05) is 24.5 Å². The Morgan fingerprint density at radius 1 is 1.38 bits per heavy atom. The first-order valence-electron chi connectivity index (χ1n) is 5.65. The minimum absolute atomic E-state index is 0.541. The van der Waals surface area contributed by atoms with Crippen LogP contribution in [0.1, 0.15) is 12.0 Å². The summed E-state index contributed by atoms with van der Waals surface area (Å²) in [5, 5.41) is 3.65. The highest BCUT2D eigenvalue weighted by Gasteiger charge is 2.21. The second kappa shape index (κ2) is 5.54. The van der Waals surface area contributed by atoms with Gasteiger partial charge in [0.1, 0.15) is 0 Å². The minimum atomic E-state index is 0.541. The van der Waals surface area contributed by atoms with Crippen molar-refractivity contribution in [3.63, 3.8) is 0 Å². The van der Waals surface area contributed by atoms with Crippen LogP contribution in [0.2, 0.25) is 0 Å². The molecule has 0 bridgehead atoms. The van der Waals surface area contributed by atoms with Crippen LogP contribution < -0.4 is 0 Å². The van der Waals surface area contributed by atoms with Crippen LogP contribution in [-0.4, -0.2) is 24.5 Å². The molecule has 0 N–H and O–H groups in total. The monoisotopic (exact) mass is 216 g/mol. The van der Waals surface area contributed by atoms with Crippen LogP contribution in [0.4, 0.5) is 0 Å². The zero-order valence-corrected chi connectivity index (χ0v) is 9.29. The van der Waals surface area contributed by atoms with Crippen molar-refractivity contribution in [2.45, 2.75) is 13.0 Å². The van der Waals surface area contributed by atoms with E-state index in [2.05, 4.69) is 39.2 Å². The summed E-state index contributed by atoms with van der Waals surface area (Å²) in [5.74, 6) is 0.541. The second-order valence-corrected chi connectivity index (χ2v) is 4.29. The first kappa shape index (κ1) is 11.0. The lowest BCUT2D eigenvalue weighted by Gasteiger charge is -2.15. The first-order chi connectivity index (χ1) is 7.88. The summed E-state index contributed by atoms with van der Waals surface area (Å²) in [5.41, 5.74) is 9.63. The van der Waals surface area contributed by atoms with Gasteiger partial charge in [-0.15, -0.1) is 0 Å². The fraction of sp³-hybridized carbons (Fsp3) is 0.500. The molecule has 1 unspecified atom stereocenters. The van der Waals surface area contributed by atoms with Crippen molar-refractivity contribution in [2.75, 3.05) is 19.6 Å². The molecule has 0 spiro atoms. The molecule has 1 aromatic rings. The molecule has 84 valence electrons. The Morgan fingerprint density at radius 3 is 2.94 bits per heavy atom. The molecule has 1 aliphatic heterocycles. The van der Waals surface area contributed by atoms with E-state index in [1.807, 2.05) is 6.07 Å². The highest BCUT2D eigenvalue weighted by Crippen LogP contribution is 2.18. The van der Waals surface area contributed by atoms with E-state index in [1.54, 1.807) is 0 Å². The van der Waals surface area contributed by atoms with Gasteiger partial charge < -0.3 is 0 Å². The van der Waals surface area contributed by atoms with Gasteiger partial charge in [0.2, 0.25) is 0 Å². The maximum atomic E-state index is 8.27. The molecule has 1 aliphatic rings. The molecule has 0 amide bonds.